The van der Waals surface area contributed by atoms with Crippen molar-refractivity contribution < 1.29 is 19.1 Å². The largest absolute Gasteiger partial charge is 0.462 e. The van der Waals surface area contributed by atoms with Crippen molar-refractivity contribution >= 4 is 11.9 Å². The minimum Gasteiger partial charge on any atom is -0.462 e. The Balaban J connectivity index is 2.75. The third kappa shape index (κ3) is 7.19. The average Bonchev–Trinajstić information content (AvgIpc) is 2.44. The van der Waals surface area contributed by atoms with Crippen molar-refractivity contribution in [2.75, 3.05) is 0 Å². The summed E-state index contributed by atoms with van der Waals surface area (Å²) in [5.74, 6) is -0.846. The van der Waals surface area contributed by atoms with Crippen molar-refractivity contribution in [3.8, 4) is 0 Å². The predicted octanol–water partition coefficient (Wildman–Crippen LogP) is 5.03. The zero-order chi connectivity index (χ0) is 20.1. The summed E-state index contributed by atoms with van der Waals surface area (Å²) >= 11 is 0. The van der Waals surface area contributed by atoms with Gasteiger partial charge in [-0.15, -0.1) is 0 Å². The predicted molar refractivity (Wildman–Crippen MR) is 104 cm³/mol. The summed E-state index contributed by atoms with van der Waals surface area (Å²) < 4.78 is 11.0. The molecule has 1 aromatic rings. The topological polar surface area (TPSA) is 52.6 Å². The molecule has 146 valence electrons. The molecular weight excluding hydrogens is 328 g/mol. The van der Waals surface area contributed by atoms with Crippen LogP contribution in [0.25, 0.3) is 0 Å². The molecule has 0 bridgehead atoms. The molecule has 0 spiro atoms. The molecule has 4 nitrogen and oxygen atoms in total. The molecule has 0 aliphatic heterocycles. The van der Waals surface area contributed by atoms with Gasteiger partial charge >= 0.3 is 11.9 Å². The van der Waals surface area contributed by atoms with Crippen LogP contribution in [-0.4, -0.2) is 23.6 Å². The molecule has 26 heavy (non-hydrogen) atoms. The van der Waals surface area contributed by atoms with Crippen molar-refractivity contribution in [3.05, 3.63) is 35.4 Å². The molecule has 1 aromatic carbocycles. The van der Waals surface area contributed by atoms with E-state index in [1.165, 1.54) is 11.1 Å². The number of aryl methyl sites for hydroxylation is 1. The fourth-order valence-corrected chi connectivity index (χ4v) is 3.16. The zero-order valence-corrected chi connectivity index (χ0v) is 17.5. The van der Waals surface area contributed by atoms with Gasteiger partial charge in [0.05, 0.1) is 12.3 Å². The number of hydrogen-bond acceptors (Lipinski definition) is 4. The number of carbonyl (C=O) groups excluding carboxylic acids is 2. The van der Waals surface area contributed by atoms with Gasteiger partial charge in [-0.1, -0.05) is 50.6 Å². The van der Waals surface area contributed by atoms with Gasteiger partial charge in [0.25, 0.3) is 0 Å². The van der Waals surface area contributed by atoms with E-state index < -0.39 is 11.5 Å². The Morgan fingerprint density at radius 1 is 1.08 bits per heavy atom. The monoisotopic (exact) mass is 362 g/mol. The highest BCUT2D eigenvalue weighted by Gasteiger charge is 2.29. The molecular formula is C22H34O4. The molecule has 0 amide bonds. The van der Waals surface area contributed by atoms with Crippen molar-refractivity contribution in [3.63, 3.8) is 0 Å². The Morgan fingerprint density at radius 2 is 1.69 bits per heavy atom. The zero-order valence-electron chi connectivity index (χ0n) is 17.5. The van der Waals surface area contributed by atoms with Gasteiger partial charge in [0.1, 0.15) is 11.7 Å². The lowest BCUT2D eigenvalue weighted by Crippen LogP contribution is -2.31. The van der Waals surface area contributed by atoms with Crippen molar-refractivity contribution in [1.82, 2.24) is 0 Å². The molecule has 3 atom stereocenters. The highest BCUT2D eigenvalue weighted by atomic mass is 16.6. The first kappa shape index (κ1) is 22.2. The second-order valence-electron chi connectivity index (χ2n) is 8.52. The van der Waals surface area contributed by atoms with Crippen LogP contribution in [-0.2, 0) is 19.1 Å². The SMILES string of the molecule is Cc1cccc([C@H](C(C)C)[C@H](C)OC(=O)[C@H](C)CC(=O)OC(C)(C)C)c1. The Bertz CT molecular complexity index is 613. The van der Waals surface area contributed by atoms with Gasteiger partial charge < -0.3 is 9.47 Å². The van der Waals surface area contributed by atoms with E-state index in [9.17, 15) is 9.59 Å². The van der Waals surface area contributed by atoms with Crippen LogP contribution in [0.4, 0.5) is 0 Å². The summed E-state index contributed by atoms with van der Waals surface area (Å²) in [7, 11) is 0. The van der Waals surface area contributed by atoms with Crippen LogP contribution in [0.15, 0.2) is 24.3 Å². The summed E-state index contributed by atoms with van der Waals surface area (Å²) in [6, 6.07) is 8.30. The van der Waals surface area contributed by atoms with Crippen LogP contribution in [0.5, 0.6) is 0 Å². The number of rotatable bonds is 7. The highest BCUT2D eigenvalue weighted by molar-refractivity contribution is 5.80. The summed E-state index contributed by atoms with van der Waals surface area (Å²) in [5.41, 5.74) is 1.80. The van der Waals surface area contributed by atoms with E-state index in [-0.39, 0.29) is 30.4 Å². The van der Waals surface area contributed by atoms with Crippen LogP contribution in [0.2, 0.25) is 0 Å². The number of hydrogen-bond donors (Lipinski definition) is 0. The summed E-state index contributed by atoms with van der Waals surface area (Å²) in [6.45, 7) is 15.4. The Hall–Kier alpha value is -1.84. The fourth-order valence-electron chi connectivity index (χ4n) is 3.16. The normalized spacial score (nSPS) is 15.3. The maximum atomic E-state index is 12.4. The second-order valence-corrected chi connectivity index (χ2v) is 8.52. The van der Waals surface area contributed by atoms with E-state index in [2.05, 4.69) is 39.0 Å². The van der Waals surface area contributed by atoms with Crippen LogP contribution in [0.3, 0.4) is 0 Å². The fraction of sp³-hybridized carbons (Fsp3) is 0.636. The minimum absolute atomic E-state index is 0.0274. The molecule has 4 heteroatoms. The summed E-state index contributed by atoms with van der Waals surface area (Å²) in [5, 5.41) is 0. The lowest BCUT2D eigenvalue weighted by Gasteiger charge is -2.29. The van der Waals surface area contributed by atoms with Gasteiger partial charge in [-0.3, -0.25) is 9.59 Å². The van der Waals surface area contributed by atoms with Gasteiger partial charge in [-0.05, 0) is 46.1 Å². The number of carbonyl (C=O) groups is 2. The maximum absolute atomic E-state index is 12.4. The molecule has 0 fully saturated rings. The minimum atomic E-state index is -0.554. The third-order valence-electron chi connectivity index (χ3n) is 4.25. The van der Waals surface area contributed by atoms with Gasteiger partial charge in [0.2, 0.25) is 0 Å². The molecule has 0 saturated carbocycles. The van der Waals surface area contributed by atoms with E-state index >= 15 is 0 Å². The molecule has 0 N–H and O–H groups in total. The number of esters is 2. The molecule has 0 aliphatic carbocycles. The Labute approximate surface area is 158 Å². The van der Waals surface area contributed by atoms with Crippen LogP contribution >= 0.6 is 0 Å². The van der Waals surface area contributed by atoms with Crippen molar-refractivity contribution in [2.24, 2.45) is 11.8 Å². The lowest BCUT2D eigenvalue weighted by molar-refractivity contribution is -0.163. The third-order valence-corrected chi connectivity index (χ3v) is 4.25. The Morgan fingerprint density at radius 3 is 2.19 bits per heavy atom. The average molecular weight is 363 g/mol. The first-order valence-electron chi connectivity index (χ1n) is 9.39. The van der Waals surface area contributed by atoms with Gasteiger partial charge in [-0.25, -0.2) is 0 Å². The van der Waals surface area contributed by atoms with Gasteiger partial charge in [-0.2, -0.15) is 0 Å². The molecule has 0 unspecified atom stereocenters. The molecule has 0 radical (unpaired) electrons. The van der Waals surface area contributed by atoms with Crippen molar-refractivity contribution in [2.45, 2.75) is 79.4 Å². The van der Waals surface area contributed by atoms with Crippen LogP contribution in [0, 0.1) is 18.8 Å². The van der Waals surface area contributed by atoms with Crippen LogP contribution < -0.4 is 0 Å². The summed E-state index contributed by atoms with van der Waals surface area (Å²) in [6.07, 6.45) is -0.245. The quantitative estimate of drug-likeness (QED) is 0.638. The van der Waals surface area contributed by atoms with E-state index in [0.717, 1.165) is 0 Å². The molecule has 0 saturated heterocycles. The number of ether oxygens (including phenoxy) is 2. The lowest BCUT2D eigenvalue weighted by atomic mass is 9.84. The second kappa shape index (κ2) is 9.20. The molecule has 1 rings (SSSR count). The van der Waals surface area contributed by atoms with Gasteiger partial charge in [0, 0.05) is 5.92 Å². The molecule has 0 heterocycles. The van der Waals surface area contributed by atoms with Gasteiger partial charge in [0.15, 0.2) is 0 Å². The van der Waals surface area contributed by atoms with E-state index in [4.69, 9.17) is 9.47 Å². The standard InChI is InChI=1S/C22H34O4/c1-14(2)20(18-11-9-10-15(3)12-18)17(5)25-21(24)16(4)13-19(23)26-22(6,7)8/h9-12,14,16-17,20H,13H2,1-8H3/t16-,17+,20-/m1/s1. The van der Waals surface area contributed by atoms with Crippen LogP contribution in [0.1, 0.15) is 71.9 Å². The smallest absolute Gasteiger partial charge is 0.309 e. The number of benzene rings is 1. The molecule has 0 aromatic heterocycles. The van der Waals surface area contributed by atoms with E-state index in [1.54, 1.807) is 6.92 Å². The molecule has 0 aliphatic rings. The van der Waals surface area contributed by atoms with Crippen molar-refractivity contribution in [1.29, 1.82) is 0 Å². The maximum Gasteiger partial charge on any atom is 0.309 e. The first-order valence-corrected chi connectivity index (χ1v) is 9.39. The van der Waals surface area contributed by atoms with E-state index in [0.29, 0.717) is 5.92 Å². The van der Waals surface area contributed by atoms with E-state index in [1.807, 2.05) is 33.8 Å². The first-order chi connectivity index (χ1) is 11.9. The summed E-state index contributed by atoms with van der Waals surface area (Å²) in [4.78, 5) is 24.4. The highest BCUT2D eigenvalue weighted by Crippen LogP contribution is 2.31. The Kier molecular flexibility index (Phi) is 7.86.